The number of hydrogen-bond acceptors (Lipinski definition) is 7. The summed E-state index contributed by atoms with van der Waals surface area (Å²) in [5.41, 5.74) is -0.421. The summed E-state index contributed by atoms with van der Waals surface area (Å²) in [6.45, 7) is 3.74. The fraction of sp³-hybridized carbons (Fsp3) is 0.533. The molecule has 0 bridgehead atoms. The van der Waals surface area contributed by atoms with Crippen LogP contribution in [-0.2, 0) is 9.84 Å². The second-order valence-corrected chi connectivity index (χ2v) is 9.40. The van der Waals surface area contributed by atoms with Crippen LogP contribution in [0.1, 0.15) is 17.3 Å². The average molecular weight is 382 g/mol. The molecule has 0 radical (unpaired) electrons. The summed E-state index contributed by atoms with van der Waals surface area (Å²) in [7, 11) is -3.19. The molecule has 1 amide bonds. The number of sulfone groups is 1. The number of fused-ring (bicyclic) bond motifs is 2. The second kappa shape index (κ2) is 5.89. The zero-order valence-electron chi connectivity index (χ0n) is 13.7. The first-order valence-corrected chi connectivity index (χ1v) is 10.8. The molecule has 2 aliphatic heterocycles. The molecule has 2 fully saturated rings. The van der Waals surface area contributed by atoms with Crippen LogP contribution in [0.25, 0.3) is 4.96 Å². The van der Waals surface area contributed by atoms with Gasteiger partial charge in [-0.1, -0.05) is 6.92 Å². The van der Waals surface area contributed by atoms with Crippen LogP contribution in [0.15, 0.2) is 22.6 Å². The first-order valence-electron chi connectivity index (χ1n) is 8.11. The molecule has 2 atom stereocenters. The van der Waals surface area contributed by atoms with Crippen LogP contribution in [0.2, 0.25) is 0 Å². The van der Waals surface area contributed by atoms with Crippen LogP contribution in [-0.4, -0.2) is 76.7 Å². The second-order valence-electron chi connectivity index (χ2n) is 6.37. The third kappa shape index (κ3) is 2.68. The molecule has 2 aromatic rings. The number of carbonyl (C=O) groups is 1. The molecule has 2 aromatic heterocycles. The lowest BCUT2D eigenvalue weighted by molar-refractivity contribution is 0.0347. The molecule has 134 valence electrons. The first kappa shape index (κ1) is 16.7. The lowest BCUT2D eigenvalue weighted by Crippen LogP contribution is -2.60. The molecule has 0 unspecified atom stereocenters. The van der Waals surface area contributed by atoms with Gasteiger partial charge in [0.2, 0.25) is 0 Å². The Balaban J connectivity index is 1.72. The first-order chi connectivity index (χ1) is 11.9. The van der Waals surface area contributed by atoms with Gasteiger partial charge in [-0.25, -0.2) is 13.4 Å². The molecule has 2 aliphatic rings. The topological polar surface area (TPSA) is 92.1 Å². The van der Waals surface area contributed by atoms with Gasteiger partial charge in [0.1, 0.15) is 5.56 Å². The lowest BCUT2D eigenvalue weighted by atomic mass is 10.0. The predicted molar refractivity (Wildman–Crippen MR) is 93.9 cm³/mol. The molecule has 2 saturated heterocycles. The van der Waals surface area contributed by atoms with E-state index in [-0.39, 0.29) is 23.1 Å². The average Bonchev–Trinajstić information content (AvgIpc) is 3.17. The van der Waals surface area contributed by atoms with E-state index in [1.807, 2.05) is 6.92 Å². The van der Waals surface area contributed by atoms with Crippen LogP contribution in [0.4, 0.5) is 0 Å². The molecule has 0 aliphatic carbocycles. The van der Waals surface area contributed by atoms with Crippen LogP contribution in [0, 0.1) is 0 Å². The molecule has 0 aromatic carbocycles. The van der Waals surface area contributed by atoms with Crippen molar-refractivity contribution in [2.24, 2.45) is 0 Å². The van der Waals surface area contributed by atoms with E-state index in [4.69, 9.17) is 0 Å². The van der Waals surface area contributed by atoms with Gasteiger partial charge in [0.15, 0.2) is 14.8 Å². The highest BCUT2D eigenvalue weighted by molar-refractivity contribution is 7.91. The monoisotopic (exact) mass is 382 g/mol. The highest BCUT2D eigenvalue weighted by atomic mass is 32.2. The van der Waals surface area contributed by atoms with Crippen molar-refractivity contribution in [3.63, 3.8) is 0 Å². The van der Waals surface area contributed by atoms with Gasteiger partial charge in [0.25, 0.3) is 11.5 Å². The SMILES string of the molecule is CCN1CCN(C(=O)c2cnc3sccn3c2=O)[C@H]2CS(=O)(=O)C[C@H]21. The van der Waals surface area contributed by atoms with Crippen molar-refractivity contribution >= 4 is 32.0 Å². The third-order valence-corrected chi connectivity index (χ3v) is 7.50. The van der Waals surface area contributed by atoms with Gasteiger partial charge in [-0.3, -0.25) is 18.9 Å². The Morgan fingerprint density at radius 3 is 2.84 bits per heavy atom. The Kier molecular flexibility index (Phi) is 3.93. The van der Waals surface area contributed by atoms with Crippen molar-refractivity contribution in [3.8, 4) is 0 Å². The molecular weight excluding hydrogens is 364 g/mol. The Labute approximate surface area is 148 Å². The van der Waals surface area contributed by atoms with E-state index < -0.39 is 27.3 Å². The molecule has 4 heterocycles. The highest BCUT2D eigenvalue weighted by Crippen LogP contribution is 2.27. The van der Waals surface area contributed by atoms with Crippen molar-refractivity contribution in [1.82, 2.24) is 19.2 Å². The summed E-state index contributed by atoms with van der Waals surface area (Å²) in [5.74, 6) is -0.410. The summed E-state index contributed by atoms with van der Waals surface area (Å²) in [4.78, 5) is 33.9. The standard InChI is InChI=1S/C15H18N4O4S2/c1-2-17-3-4-18(12-9-25(22,23)8-11(12)17)13(20)10-7-16-15-19(14(10)21)5-6-24-15/h5-7,11-12H,2-4,8-9H2,1H3/t11-,12+/m1/s1. The summed E-state index contributed by atoms with van der Waals surface area (Å²) in [6.07, 6.45) is 2.89. The van der Waals surface area contributed by atoms with E-state index in [0.717, 1.165) is 6.54 Å². The summed E-state index contributed by atoms with van der Waals surface area (Å²) in [5, 5.41) is 1.73. The van der Waals surface area contributed by atoms with Gasteiger partial charge in [0, 0.05) is 36.9 Å². The number of hydrogen-bond donors (Lipinski definition) is 0. The maximum Gasteiger partial charge on any atom is 0.271 e. The molecule has 0 N–H and O–H groups in total. The minimum absolute atomic E-state index is 0.0103. The van der Waals surface area contributed by atoms with E-state index in [1.165, 1.54) is 21.9 Å². The molecule has 0 saturated carbocycles. The van der Waals surface area contributed by atoms with Crippen LogP contribution in [0.5, 0.6) is 0 Å². The highest BCUT2D eigenvalue weighted by Gasteiger charge is 2.48. The number of rotatable bonds is 2. The quantitative estimate of drug-likeness (QED) is 0.708. The smallest absolute Gasteiger partial charge is 0.271 e. The van der Waals surface area contributed by atoms with Gasteiger partial charge in [-0.15, -0.1) is 11.3 Å². The lowest BCUT2D eigenvalue weighted by Gasteiger charge is -2.43. The zero-order chi connectivity index (χ0) is 17.8. The Morgan fingerprint density at radius 1 is 1.32 bits per heavy atom. The van der Waals surface area contributed by atoms with Crippen molar-refractivity contribution in [2.75, 3.05) is 31.1 Å². The fourth-order valence-electron chi connectivity index (χ4n) is 3.80. The van der Waals surface area contributed by atoms with Crippen molar-refractivity contribution < 1.29 is 13.2 Å². The van der Waals surface area contributed by atoms with Crippen LogP contribution in [0.3, 0.4) is 0 Å². The number of aromatic nitrogens is 2. The molecule has 10 heteroatoms. The van der Waals surface area contributed by atoms with Gasteiger partial charge < -0.3 is 4.90 Å². The summed E-state index contributed by atoms with van der Waals surface area (Å²) in [6, 6.07) is -0.609. The number of nitrogens with zero attached hydrogens (tertiary/aromatic N) is 4. The van der Waals surface area contributed by atoms with Gasteiger partial charge >= 0.3 is 0 Å². The van der Waals surface area contributed by atoms with Crippen molar-refractivity contribution in [2.45, 2.75) is 19.0 Å². The Hall–Kier alpha value is -1.78. The largest absolute Gasteiger partial charge is 0.332 e. The molecular formula is C15H18N4O4S2. The number of piperazine rings is 1. The van der Waals surface area contributed by atoms with Gasteiger partial charge in [0.05, 0.1) is 17.5 Å². The van der Waals surface area contributed by atoms with E-state index in [0.29, 0.717) is 18.1 Å². The molecule has 0 spiro atoms. The fourth-order valence-corrected chi connectivity index (χ4v) is 6.48. The summed E-state index contributed by atoms with van der Waals surface area (Å²) < 4.78 is 25.6. The van der Waals surface area contributed by atoms with Crippen molar-refractivity contribution in [3.05, 3.63) is 33.7 Å². The normalized spacial score (nSPS) is 26.0. The van der Waals surface area contributed by atoms with Crippen LogP contribution >= 0.6 is 11.3 Å². The number of likely N-dealkylation sites (N-methyl/N-ethyl adjacent to an activating group) is 1. The number of thiazole rings is 1. The Morgan fingerprint density at radius 2 is 2.08 bits per heavy atom. The minimum Gasteiger partial charge on any atom is -0.332 e. The van der Waals surface area contributed by atoms with E-state index >= 15 is 0 Å². The van der Waals surface area contributed by atoms with Crippen LogP contribution < -0.4 is 5.56 Å². The predicted octanol–water partition coefficient (Wildman–Crippen LogP) is -0.301. The molecule has 4 rings (SSSR count). The third-order valence-electron chi connectivity index (χ3n) is 5.03. The minimum atomic E-state index is -3.19. The van der Waals surface area contributed by atoms with Crippen molar-refractivity contribution in [1.29, 1.82) is 0 Å². The Bertz CT molecular complexity index is 996. The van der Waals surface area contributed by atoms with E-state index in [1.54, 1.807) is 16.5 Å². The number of carbonyl (C=O) groups excluding carboxylic acids is 1. The van der Waals surface area contributed by atoms with E-state index in [2.05, 4.69) is 9.88 Å². The number of amides is 1. The maximum atomic E-state index is 13.0. The molecule has 8 nitrogen and oxygen atoms in total. The zero-order valence-corrected chi connectivity index (χ0v) is 15.3. The molecule has 25 heavy (non-hydrogen) atoms. The van der Waals surface area contributed by atoms with E-state index in [9.17, 15) is 18.0 Å². The maximum absolute atomic E-state index is 13.0. The van der Waals surface area contributed by atoms with Gasteiger partial charge in [-0.2, -0.15) is 0 Å². The van der Waals surface area contributed by atoms with Gasteiger partial charge in [-0.05, 0) is 6.54 Å². The summed E-state index contributed by atoms with van der Waals surface area (Å²) >= 11 is 1.32.